The molecule has 0 saturated heterocycles. The van der Waals surface area contributed by atoms with Crippen molar-refractivity contribution < 1.29 is 19.1 Å². The van der Waals surface area contributed by atoms with Crippen LogP contribution in [0.2, 0.25) is 0 Å². The van der Waals surface area contributed by atoms with Crippen molar-refractivity contribution in [3.63, 3.8) is 0 Å². The highest BCUT2D eigenvalue weighted by molar-refractivity contribution is 9.10. The van der Waals surface area contributed by atoms with Gasteiger partial charge in [0.15, 0.2) is 11.5 Å². The second-order valence-electron chi connectivity index (χ2n) is 7.60. The second kappa shape index (κ2) is 8.96. The summed E-state index contributed by atoms with van der Waals surface area (Å²) in [6.45, 7) is 1.94. The summed E-state index contributed by atoms with van der Waals surface area (Å²) in [5.74, 6) is -0.0595. The van der Waals surface area contributed by atoms with Crippen LogP contribution in [0.1, 0.15) is 38.3 Å². The lowest BCUT2D eigenvalue weighted by atomic mass is 9.81. The van der Waals surface area contributed by atoms with Crippen molar-refractivity contribution in [3.8, 4) is 11.5 Å². The molecule has 0 radical (unpaired) electrons. The van der Waals surface area contributed by atoms with E-state index >= 15 is 0 Å². The van der Waals surface area contributed by atoms with Crippen molar-refractivity contribution in [2.45, 2.75) is 18.9 Å². The maximum atomic E-state index is 13.8. The van der Waals surface area contributed by atoms with Crippen molar-refractivity contribution in [1.29, 1.82) is 0 Å². The highest BCUT2D eigenvalue weighted by atomic mass is 79.9. The van der Waals surface area contributed by atoms with Crippen LogP contribution < -0.4 is 14.8 Å². The number of rotatable bonds is 5. The molecule has 2 amide bonds. The molecule has 6 nitrogen and oxygen atoms in total. The Morgan fingerprint density at radius 1 is 1.12 bits per heavy atom. The van der Waals surface area contributed by atoms with E-state index in [1.807, 2.05) is 42.6 Å². The fraction of sp³-hybridized carbons (Fsp3) is 0.250. The largest absolute Gasteiger partial charge is 0.493 e. The van der Waals surface area contributed by atoms with E-state index in [2.05, 4.69) is 21.2 Å². The lowest BCUT2D eigenvalue weighted by Crippen LogP contribution is -2.43. The molecule has 0 unspecified atom stereocenters. The van der Waals surface area contributed by atoms with E-state index in [1.54, 1.807) is 24.1 Å². The van der Waals surface area contributed by atoms with Crippen molar-refractivity contribution in [2.24, 2.45) is 0 Å². The average molecular weight is 515 g/mol. The molecule has 32 heavy (non-hydrogen) atoms. The molecule has 0 fully saturated rings. The summed E-state index contributed by atoms with van der Waals surface area (Å²) in [5, 5.41) is 5.03. The van der Waals surface area contributed by atoms with Crippen LogP contribution in [0.4, 0.5) is 5.69 Å². The first-order valence-electron chi connectivity index (χ1n) is 9.99. The maximum absolute atomic E-state index is 13.8. The first-order chi connectivity index (χ1) is 15.3. The zero-order valence-corrected chi connectivity index (χ0v) is 20.5. The Hall–Kier alpha value is -2.84. The van der Waals surface area contributed by atoms with Crippen LogP contribution >= 0.6 is 27.3 Å². The van der Waals surface area contributed by atoms with Crippen molar-refractivity contribution in [3.05, 3.63) is 73.9 Å². The molecule has 2 aromatic carbocycles. The van der Waals surface area contributed by atoms with Gasteiger partial charge in [0.05, 0.1) is 26.2 Å². The molecule has 1 aromatic heterocycles. The van der Waals surface area contributed by atoms with E-state index in [1.165, 1.54) is 25.6 Å². The average Bonchev–Trinajstić information content (AvgIpc) is 3.31. The summed E-state index contributed by atoms with van der Waals surface area (Å²) in [7, 11) is 4.80. The maximum Gasteiger partial charge on any atom is 0.254 e. The summed E-state index contributed by atoms with van der Waals surface area (Å²) >= 11 is 4.98. The Bertz CT molecular complexity index is 1180. The molecule has 1 aliphatic rings. The zero-order chi connectivity index (χ0) is 23.0. The first-order valence-corrected chi connectivity index (χ1v) is 11.7. The lowest BCUT2D eigenvalue weighted by molar-refractivity contribution is -0.119. The van der Waals surface area contributed by atoms with Crippen molar-refractivity contribution in [2.75, 3.05) is 26.6 Å². The third-order valence-corrected chi connectivity index (χ3v) is 7.17. The van der Waals surface area contributed by atoms with Crippen LogP contribution in [-0.4, -0.2) is 38.0 Å². The van der Waals surface area contributed by atoms with Crippen molar-refractivity contribution in [1.82, 2.24) is 4.90 Å². The fourth-order valence-electron chi connectivity index (χ4n) is 4.12. The zero-order valence-electron chi connectivity index (χ0n) is 18.1. The normalized spacial score (nSPS) is 17.7. The highest BCUT2D eigenvalue weighted by Crippen LogP contribution is 2.47. The number of amides is 2. The third kappa shape index (κ3) is 3.89. The molecule has 0 bridgehead atoms. The predicted molar refractivity (Wildman–Crippen MR) is 129 cm³/mol. The molecule has 0 saturated carbocycles. The Morgan fingerprint density at radius 2 is 1.84 bits per heavy atom. The van der Waals surface area contributed by atoms with Gasteiger partial charge in [0, 0.05) is 27.6 Å². The van der Waals surface area contributed by atoms with Crippen LogP contribution in [0, 0.1) is 6.92 Å². The molecule has 8 heteroatoms. The minimum absolute atomic E-state index is 0.164. The molecule has 3 aromatic rings. The first kappa shape index (κ1) is 22.4. The van der Waals surface area contributed by atoms with Gasteiger partial charge in [-0.05, 0) is 59.8 Å². The van der Waals surface area contributed by atoms with Gasteiger partial charge < -0.3 is 19.7 Å². The van der Waals surface area contributed by atoms with Crippen LogP contribution in [0.5, 0.6) is 11.5 Å². The predicted octanol–water partition coefficient (Wildman–Crippen LogP) is 5.39. The number of carbonyl (C=O) groups excluding carboxylic acids is 2. The number of fused-ring (bicyclic) bond motifs is 1. The van der Waals surface area contributed by atoms with Gasteiger partial charge in [-0.15, -0.1) is 11.3 Å². The van der Waals surface area contributed by atoms with E-state index in [-0.39, 0.29) is 11.8 Å². The molecule has 2 atom stereocenters. The van der Waals surface area contributed by atoms with Gasteiger partial charge in [0.2, 0.25) is 5.91 Å². The Balaban J connectivity index is 1.86. The number of benzene rings is 2. The quantitative estimate of drug-likeness (QED) is 0.495. The minimum atomic E-state index is -0.630. The number of carbonyl (C=O) groups is 2. The number of thiophene rings is 1. The summed E-state index contributed by atoms with van der Waals surface area (Å²) in [6.07, 6.45) is 0. The molecule has 1 aliphatic heterocycles. The molecule has 1 N–H and O–H groups in total. The SMILES string of the molecule is COc1cc2c(cc1OC)[C@@H](C(=O)Nc1ccc(Br)cc1C)[C@H](c1cccs1)N(C)C2=O. The molecule has 4 rings (SSSR count). The molecule has 0 spiro atoms. The van der Waals surface area contributed by atoms with Crippen LogP contribution in [0.3, 0.4) is 0 Å². The van der Waals surface area contributed by atoms with Crippen LogP contribution in [-0.2, 0) is 4.79 Å². The summed E-state index contributed by atoms with van der Waals surface area (Å²) in [4.78, 5) is 29.6. The number of likely N-dealkylation sites (N-methyl/N-ethyl adjacent to an activating group) is 1. The molecule has 166 valence electrons. The Labute approximate surface area is 199 Å². The summed E-state index contributed by atoms with van der Waals surface area (Å²) in [5.41, 5.74) is 2.72. The van der Waals surface area contributed by atoms with Gasteiger partial charge >= 0.3 is 0 Å². The molecule has 0 aliphatic carbocycles. The molecular weight excluding hydrogens is 492 g/mol. The van der Waals surface area contributed by atoms with E-state index < -0.39 is 12.0 Å². The van der Waals surface area contributed by atoms with Gasteiger partial charge in [-0.1, -0.05) is 22.0 Å². The van der Waals surface area contributed by atoms with Gasteiger partial charge in [-0.3, -0.25) is 9.59 Å². The van der Waals surface area contributed by atoms with Crippen molar-refractivity contribution >= 4 is 44.8 Å². The van der Waals surface area contributed by atoms with Gasteiger partial charge in [0.1, 0.15) is 0 Å². The smallest absolute Gasteiger partial charge is 0.254 e. The van der Waals surface area contributed by atoms with E-state index in [4.69, 9.17) is 9.47 Å². The topological polar surface area (TPSA) is 67.9 Å². The standard InChI is InChI=1S/C24H23BrN2O4S/c1-13-10-14(25)7-8-17(13)26-23(28)21-15-11-18(30-3)19(31-4)12-16(15)24(29)27(2)22(21)20-6-5-9-32-20/h5-12,21-22H,1-4H3,(H,26,28)/t21-,22+/m1/s1. The Morgan fingerprint density at radius 3 is 2.47 bits per heavy atom. The Kier molecular flexibility index (Phi) is 6.26. The van der Waals surface area contributed by atoms with E-state index in [0.717, 1.165) is 20.6 Å². The number of nitrogens with zero attached hydrogens (tertiary/aromatic N) is 1. The second-order valence-corrected chi connectivity index (χ2v) is 9.49. The number of methoxy groups -OCH3 is 2. The molecular formula is C24H23BrN2O4S. The number of nitrogens with one attached hydrogen (secondary N) is 1. The lowest BCUT2D eigenvalue weighted by Gasteiger charge is -2.39. The molecule has 2 heterocycles. The van der Waals surface area contributed by atoms with Gasteiger partial charge in [0.25, 0.3) is 5.91 Å². The number of aryl methyl sites for hydroxylation is 1. The number of halogens is 1. The number of ether oxygens (including phenoxy) is 2. The van der Waals surface area contributed by atoms with Crippen LogP contribution in [0.15, 0.2) is 52.3 Å². The monoisotopic (exact) mass is 514 g/mol. The fourth-order valence-corrected chi connectivity index (χ4v) is 5.50. The number of hydrogen-bond donors (Lipinski definition) is 1. The highest BCUT2D eigenvalue weighted by Gasteiger charge is 2.44. The number of hydrogen-bond acceptors (Lipinski definition) is 5. The third-order valence-electron chi connectivity index (χ3n) is 5.74. The minimum Gasteiger partial charge on any atom is -0.493 e. The van der Waals surface area contributed by atoms with E-state index in [9.17, 15) is 9.59 Å². The van der Waals surface area contributed by atoms with Crippen LogP contribution in [0.25, 0.3) is 0 Å². The summed E-state index contributed by atoms with van der Waals surface area (Å²) < 4.78 is 11.8. The van der Waals surface area contributed by atoms with Gasteiger partial charge in [-0.2, -0.15) is 0 Å². The number of anilines is 1. The summed E-state index contributed by atoms with van der Waals surface area (Å²) in [6, 6.07) is 12.5. The van der Waals surface area contributed by atoms with E-state index in [0.29, 0.717) is 22.6 Å². The van der Waals surface area contributed by atoms with Gasteiger partial charge in [-0.25, -0.2) is 0 Å².